The van der Waals surface area contributed by atoms with Gasteiger partial charge in [-0.1, -0.05) is 18.9 Å². The van der Waals surface area contributed by atoms with E-state index in [0.717, 1.165) is 12.8 Å². The Balaban J connectivity index is 2.14. The molecule has 0 aromatic carbocycles. The van der Waals surface area contributed by atoms with Crippen molar-refractivity contribution in [3.8, 4) is 0 Å². The van der Waals surface area contributed by atoms with Gasteiger partial charge in [0.15, 0.2) is 5.78 Å². The molecule has 0 amide bonds. The Morgan fingerprint density at radius 3 is 2.91 bits per heavy atom. The average Bonchev–Trinajstić information content (AvgIpc) is 2.06. The van der Waals surface area contributed by atoms with Gasteiger partial charge in [-0.2, -0.15) is 0 Å². The van der Waals surface area contributed by atoms with E-state index >= 15 is 0 Å². The molecule has 0 spiro atoms. The van der Waals surface area contributed by atoms with Crippen LogP contribution in [0.15, 0.2) is 12.2 Å². The fourth-order valence-corrected chi connectivity index (χ4v) is 2.35. The van der Waals surface area contributed by atoms with Crippen molar-refractivity contribution in [3.63, 3.8) is 0 Å². The van der Waals surface area contributed by atoms with Gasteiger partial charge in [-0.05, 0) is 31.3 Å². The number of carbonyl (C=O) groups is 1. The fraction of sp³-hybridized carbons (Fsp3) is 0.700. The van der Waals surface area contributed by atoms with Crippen LogP contribution in [0.3, 0.4) is 0 Å². The number of allylic oxidation sites excluding steroid dienone is 2. The molecule has 0 aromatic rings. The highest BCUT2D eigenvalue weighted by molar-refractivity contribution is 5.92. The largest absolute Gasteiger partial charge is 0.295 e. The molecule has 0 bridgehead atoms. The molecule has 2 unspecified atom stereocenters. The van der Waals surface area contributed by atoms with Gasteiger partial charge in [0.1, 0.15) is 0 Å². The molecule has 11 heavy (non-hydrogen) atoms. The smallest absolute Gasteiger partial charge is 0.158 e. The van der Waals surface area contributed by atoms with Crippen LogP contribution in [-0.4, -0.2) is 5.78 Å². The molecule has 1 heteroatoms. The molecule has 60 valence electrons. The van der Waals surface area contributed by atoms with Gasteiger partial charge in [-0.25, -0.2) is 0 Å². The number of hydrogen-bond donors (Lipinski definition) is 0. The molecule has 0 radical (unpaired) electrons. The van der Waals surface area contributed by atoms with E-state index in [2.05, 4.69) is 6.08 Å². The van der Waals surface area contributed by atoms with Crippen molar-refractivity contribution < 1.29 is 4.79 Å². The van der Waals surface area contributed by atoms with Gasteiger partial charge in [0, 0.05) is 5.92 Å². The van der Waals surface area contributed by atoms with Gasteiger partial charge in [0.25, 0.3) is 0 Å². The first-order valence-electron chi connectivity index (χ1n) is 4.58. The Hall–Kier alpha value is -0.590. The van der Waals surface area contributed by atoms with Crippen molar-refractivity contribution in [2.45, 2.75) is 32.1 Å². The van der Waals surface area contributed by atoms with Crippen molar-refractivity contribution in [3.05, 3.63) is 12.2 Å². The van der Waals surface area contributed by atoms with Crippen LogP contribution in [-0.2, 0) is 4.79 Å². The lowest BCUT2D eigenvalue weighted by atomic mass is 9.73. The van der Waals surface area contributed by atoms with Gasteiger partial charge < -0.3 is 0 Å². The molecule has 2 atom stereocenters. The minimum absolute atomic E-state index is 0.390. The molecule has 0 aromatic heterocycles. The van der Waals surface area contributed by atoms with Crippen LogP contribution in [0.5, 0.6) is 0 Å². The van der Waals surface area contributed by atoms with Crippen LogP contribution >= 0.6 is 0 Å². The summed E-state index contributed by atoms with van der Waals surface area (Å²) >= 11 is 0. The van der Waals surface area contributed by atoms with Gasteiger partial charge >= 0.3 is 0 Å². The average molecular weight is 150 g/mol. The van der Waals surface area contributed by atoms with E-state index in [1.807, 2.05) is 0 Å². The summed E-state index contributed by atoms with van der Waals surface area (Å²) in [6.07, 6.45) is 10.0. The Labute approximate surface area is 67.5 Å². The maximum Gasteiger partial charge on any atom is 0.158 e. The van der Waals surface area contributed by atoms with E-state index < -0.39 is 0 Å². The normalized spacial score (nSPS) is 36.9. The number of carbonyl (C=O) groups excluding carboxylic acids is 1. The van der Waals surface area contributed by atoms with Gasteiger partial charge in [0.2, 0.25) is 0 Å². The molecule has 0 heterocycles. The van der Waals surface area contributed by atoms with Crippen LogP contribution in [0.25, 0.3) is 0 Å². The highest BCUT2D eigenvalue weighted by Gasteiger charge is 2.30. The zero-order valence-corrected chi connectivity index (χ0v) is 6.75. The summed E-state index contributed by atoms with van der Waals surface area (Å²) in [4.78, 5) is 11.3. The van der Waals surface area contributed by atoms with Crippen molar-refractivity contribution in [1.82, 2.24) is 0 Å². The number of hydrogen-bond acceptors (Lipinski definition) is 1. The first-order valence-corrected chi connectivity index (χ1v) is 4.58. The molecule has 0 saturated heterocycles. The monoisotopic (exact) mass is 150 g/mol. The SMILES string of the molecule is O=C1C=CCC2CCCCC12. The molecule has 1 nitrogen and oxygen atoms in total. The first-order chi connectivity index (χ1) is 5.38. The third-order valence-electron chi connectivity index (χ3n) is 3.00. The topological polar surface area (TPSA) is 17.1 Å². The summed E-state index contributed by atoms with van der Waals surface area (Å²) in [7, 11) is 0. The van der Waals surface area contributed by atoms with Gasteiger partial charge in [-0.3, -0.25) is 4.79 Å². The second kappa shape index (κ2) is 2.80. The van der Waals surface area contributed by atoms with Crippen LogP contribution in [0.2, 0.25) is 0 Å². The summed E-state index contributed by atoms with van der Waals surface area (Å²) in [6, 6.07) is 0. The van der Waals surface area contributed by atoms with Crippen molar-refractivity contribution in [2.24, 2.45) is 11.8 Å². The number of ketones is 1. The standard InChI is InChI=1S/C10H14O/c11-10-7-3-5-8-4-1-2-6-9(8)10/h3,7-9H,1-2,4-6H2. The minimum Gasteiger partial charge on any atom is -0.295 e. The summed E-state index contributed by atoms with van der Waals surface area (Å²) in [5.74, 6) is 1.48. The molecular formula is C10H14O. The van der Waals surface area contributed by atoms with E-state index in [9.17, 15) is 4.79 Å². The van der Waals surface area contributed by atoms with Crippen molar-refractivity contribution in [1.29, 1.82) is 0 Å². The van der Waals surface area contributed by atoms with E-state index in [4.69, 9.17) is 0 Å². The third kappa shape index (κ3) is 1.24. The molecule has 1 fully saturated rings. The number of rotatable bonds is 0. The molecule has 2 rings (SSSR count). The fourth-order valence-electron chi connectivity index (χ4n) is 2.35. The lowest BCUT2D eigenvalue weighted by molar-refractivity contribution is -0.121. The zero-order chi connectivity index (χ0) is 7.68. The van der Waals surface area contributed by atoms with Crippen LogP contribution < -0.4 is 0 Å². The molecule has 2 aliphatic rings. The first kappa shape index (κ1) is 7.08. The van der Waals surface area contributed by atoms with Crippen molar-refractivity contribution >= 4 is 5.78 Å². The maximum atomic E-state index is 11.3. The highest BCUT2D eigenvalue weighted by atomic mass is 16.1. The van der Waals surface area contributed by atoms with Crippen LogP contribution in [0.1, 0.15) is 32.1 Å². The predicted octanol–water partition coefficient (Wildman–Crippen LogP) is 2.32. The molecule has 0 N–H and O–H groups in total. The third-order valence-corrected chi connectivity index (χ3v) is 3.00. The lowest BCUT2D eigenvalue weighted by Crippen LogP contribution is -2.28. The zero-order valence-electron chi connectivity index (χ0n) is 6.75. The molecule has 0 aliphatic heterocycles. The van der Waals surface area contributed by atoms with Crippen LogP contribution in [0.4, 0.5) is 0 Å². The Kier molecular flexibility index (Phi) is 1.80. The van der Waals surface area contributed by atoms with E-state index in [1.165, 1.54) is 19.3 Å². The maximum absolute atomic E-state index is 11.3. The Bertz CT molecular complexity index is 193. The van der Waals surface area contributed by atoms with Crippen LogP contribution in [0, 0.1) is 11.8 Å². The Morgan fingerprint density at radius 1 is 1.27 bits per heavy atom. The summed E-state index contributed by atoms with van der Waals surface area (Å²) in [5, 5.41) is 0. The number of fused-ring (bicyclic) bond motifs is 1. The highest BCUT2D eigenvalue weighted by Crippen LogP contribution is 2.35. The predicted molar refractivity (Wildman–Crippen MR) is 44.2 cm³/mol. The summed E-state index contributed by atoms with van der Waals surface area (Å²) < 4.78 is 0. The van der Waals surface area contributed by atoms with Gasteiger partial charge in [-0.15, -0.1) is 0 Å². The van der Waals surface area contributed by atoms with E-state index in [-0.39, 0.29) is 0 Å². The Morgan fingerprint density at radius 2 is 2.09 bits per heavy atom. The molecule has 2 aliphatic carbocycles. The quantitative estimate of drug-likeness (QED) is 0.518. The molecular weight excluding hydrogens is 136 g/mol. The lowest BCUT2D eigenvalue weighted by Gasteiger charge is -2.31. The minimum atomic E-state index is 0.390. The van der Waals surface area contributed by atoms with Gasteiger partial charge in [0.05, 0.1) is 0 Å². The summed E-state index contributed by atoms with van der Waals surface area (Å²) in [5.41, 5.74) is 0. The second-order valence-corrected chi connectivity index (χ2v) is 3.69. The van der Waals surface area contributed by atoms with E-state index in [0.29, 0.717) is 17.6 Å². The summed E-state index contributed by atoms with van der Waals surface area (Å²) in [6.45, 7) is 0. The molecule has 1 saturated carbocycles. The van der Waals surface area contributed by atoms with E-state index in [1.54, 1.807) is 6.08 Å². The van der Waals surface area contributed by atoms with Crippen molar-refractivity contribution in [2.75, 3.05) is 0 Å². The second-order valence-electron chi connectivity index (χ2n) is 3.69.